The zero-order chi connectivity index (χ0) is 11.7. The molecule has 2 amide bonds. The van der Waals surface area contributed by atoms with Gasteiger partial charge in [0.1, 0.15) is 7.85 Å². The molecule has 2 rings (SSSR count). The van der Waals surface area contributed by atoms with E-state index in [1.165, 1.54) is 4.90 Å². The molecule has 1 aromatic rings. The number of allylic oxidation sites excluding steroid dienone is 1. The second-order valence-electron chi connectivity index (χ2n) is 4.05. The van der Waals surface area contributed by atoms with Crippen molar-refractivity contribution >= 4 is 19.7 Å². The van der Waals surface area contributed by atoms with Crippen LogP contribution in [0.25, 0.3) is 0 Å². The summed E-state index contributed by atoms with van der Waals surface area (Å²) < 4.78 is 0. The standard InChI is InChI=1S/C12H12BNO2/c1-8(13)6-7-14-11(15)9-4-2-3-5-10(9)12(14)16/h2-6H,7,13H2,1H3/b8-6-. The van der Waals surface area contributed by atoms with Crippen LogP contribution in [0.1, 0.15) is 27.6 Å². The lowest BCUT2D eigenvalue weighted by atomic mass is 9.98. The Bertz CT molecular complexity index is 455. The first-order valence-corrected chi connectivity index (χ1v) is 5.20. The van der Waals surface area contributed by atoms with Gasteiger partial charge >= 0.3 is 0 Å². The molecule has 0 aliphatic carbocycles. The van der Waals surface area contributed by atoms with Gasteiger partial charge in [-0.15, -0.1) is 5.47 Å². The summed E-state index contributed by atoms with van der Waals surface area (Å²) in [4.78, 5) is 25.1. The Morgan fingerprint density at radius 2 is 1.75 bits per heavy atom. The van der Waals surface area contributed by atoms with Crippen molar-refractivity contribution in [3.8, 4) is 0 Å². The van der Waals surface area contributed by atoms with Gasteiger partial charge in [0, 0.05) is 6.54 Å². The van der Waals surface area contributed by atoms with E-state index in [4.69, 9.17) is 0 Å². The first kappa shape index (κ1) is 10.7. The highest BCUT2D eigenvalue weighted by Gasteiger charge is 2.33. The zero-order valence-corrected chi connectivity index (χ0v) is 9.36. The summed E-state index contributed by atoms with van der Waals surface area (Å²) in [6.45, 7) is 2.30. The van der Waals surface area contributed by atoms with Crippen LogP contribution in [0.5, 0.6) is 0 Å². The molecule has 1 aromatic carbocycles. The molecule has 1 heterocycles. The van der Waals surface area contributed by atoms with E-state index >= 15 is 0 Å². The Balaban J connectivity index is 2.32. The summed E-state index contributed by atoms with van der Waals surface area (Å²) in [5.41, 5.74) is 2.11. The number of hydrogen-bond acceptors (Lipinski definition) is 2. The molecule has 16 heavy (non-hydrogen) atoms. The fraction of sp³-hybridized carbons (Fsp3) is 0.167. The molecule has 80 valence electrons. The minimum atomic E-state index is -0.196. The van der Waals surface area contributed by atoms with Crippen LogP contribution < -0.4 is 0 Å². The van der Waals surface area contributed by atoms with Gasteiger partial charge in [-0.05, 0) is 12.1 Å². The number of fused-ring (bicyclic) bond motifs is 1. The van der Waals surface area contributed by atoms with Crippen molar-refractivity contribution in [1.82, 2.24) is 4.90 Å². The maximum absolute atomic E-state index is 11.9. The Labute approximate surface area is 95.2 Å². The van der Waals surface area contributed by atoms with Crippen LogP contribution in [-0.2, 0) is 0 Å². The van der Waals surface area contributed by atoms with Gasteiger partial charge < -0.3 is 0 Å². The van der Waals surface area contributed by atoms with Crippen molar-refractivity contribution in [3.05, 3.63) is 46.9 Å². The quantitative estimate of drug-likeness (QED) is 0.538. The van der Waals surface area contributed by atoms with Gasteiger partial charge in [-0.25, -0.2) is 0 Å². The number of carbonyl (C=O) groups excluding carboxylic acids is 2. The average molecular weight is 213 g/mol. The van der Waals surface area contributed by atoms with Gasteiger partial charge in [0.15, 0.2) is 0 Å². The number of benzene rings is 1. The van der Waals surface area contributed by atoms with Crippen LogP contribution in [0.15, 0.2) is 35.8 Å². The SMILES string of the molecule is B/C(C)=C\CN1C(=O)c2ccccc2C1=O. The predicted molar refractivity (Wildman–Crippen MR) is 64.1 cm³/mol. The summed E-state index contributed by atoms with van der Waals surface area (Å²) in [7, 11) is 1.94. The van der Waals surface area contributed by atoms with Gasteiger partial charge in [-0.3, -0.25) is 14.5 Å². The average Bonchev–Trinajstić information content (AvgIpc) is 2.50. The molecule has 0 unspecified atom stereocenters. The maximum Gasteiger partial charge on any atom is 0.261 e. The second kappa shape index (κ2) is 3.97. The van der Waals surface area contributed by atoms with E-state index in [1.807, 2.05) is 20.8 Å². The van der Waals surface area contributed by atoms with Gasteiger partial charge in [0.25, 0.3) is 11.8 Å². The number of amides is 2. The highest BCUT2D eigenvalue weighted by Crippen LogP contribution is 2.22. The summed E-state index contributed by atoms with van der Waals surface area (Å²) >= 11 is 0. The molecule has 0 bridgehead atoms. The van der Waals surface area contributed by atoms with Crippen molar-refractivity contribution in [2.24, 2.45) is 0 Å². The van der Waals surface area contributed by atoms with Crippen molar-refractivity contribution in [2.45, 2.75) is 6.92 Å². The number of imide groups is 1. The first-order valence-electron chi connectivity index (χ1n) is 5.20. The molecular formula is C12H12BNO2. The topological polar surface area (TPSA) is 37.4 Å². The summed E-state index contributed by atoms with van der Waals surface area (Å²) in [6, 6.07) is 6.93. The van der Waals surface area contributed by atoms with Crippen molar-refractivity contribution < 1.29 is 9.59 Å². The third-order valence-corrected chi connectivity index (χ3v) is 2.56. The largest absolute Gasteiger partial charge is 0.270 e. The van der Waals surface area contributed by atoms with Gasteiger partial charge in [0.05, 0.1) is 11.1 Å². The Morgan fingerprint density at radius 3 is 2.19 bits per heavy atom. The van der Waals surface area contributed by atoms with E-state index in [0.717, 1.165) is 5.47 Å². The lowest BCUT2D eigenvalue weighted by Gasteiger charge is -2.10. The molecule has 0 atom stereocenters. The number of nitrogens with zero attached hydrogens (tertiary/aromatic N) is 1. The molecule has 0 aromatic heterocycles. The molecule has 0 saturated heterocycles. The number of rotatable bonds is 2. The molecule has 1 aliphatic heterocycles. The molecule has 0 fully saturated rings. The lowest BCUT2D eigenvalue weighted by Crippen LogP contribution is -2.29. The predicted octanol–water partition coefficient (Wildman–Crippen LogP) is 0.820. The van der Waals surface area contributed by atoms with Crippen molar-refractivity contribution in [1.29, 1.82) is 0 Å². The zero-order valence-electron chi connectivity index (χ0n) is 9.36. The van der Waals surface area contributed by atoms with Crippen LogP contribution >= 0.6 is 0 Å². The summed E-state index contributed by atoms with van der Waals surface area (Å²) in [5.74, 6) is -0.392. The van der Waals surface area contributed by atoms with Crippen LogP contribution in [0, 0.1) is 0 Å². The third kappa shape index (κ3) is 1.67. The molecular weight excluding hydrogens is 201 g/mol. The van der Waals surface area contributed by atoms with E-state index in [9.17, 15) is 9.59 Å². The van der Waals surface area contributed by atoms with Crippen LogP contribution in [0.2, 0.25) is 0 Å². The van der Waals surface area contributed by atoms with Gasteiger partial charge in [0.2, 0.25) is 0 Å². The molecule has 4 heteroatoms. The molecule has 0 radical (unpaired) electrons. The highest BCUT2D eigenvalue weighted by molar-refractivity contribution is 6.22. The molecule has 1 aliphatic rings. The van der Waals surface area contributed by atoms with E-state index in [-0.39, 0.29) is 11.8 Å². The highest BCUT2D eigenvalue weighted by atomic mass is 16.2. The first-order chi connectivity index (χ1) is 7.61. The summed E-state index contributed by atoms with van der Waals surface area (Å²) in [5, 5.41) is 0. The van der Waals surface area contributed by atoms with E-state index < -0.39 is 0 Å². The van der Waals surface area contributed by atoms with Crippen LogP contribution in [0.3, 0.4) is 0 Å². The fourth-order valence-electron chi connectivity index (χ4n) is 1.68. The molecule has 0 saturated carbocycles. The minimum absolute atomic E-state index is 0.196. The number of hydrogen-bond donors (Lipinski definition) is 0. The van der Waals surface area contributed by atoms with E-state index in [0.29, 0.717) is 17.7 Å². The van der Waals surface area contributed by atoms with Crippen LogP contribution in [0.4, 0.5) is 0 Å². The number of carbonyl (C=O) groups is 2. The Hall–Kier alpha value is -1.84. The van der Waals surface area contributed by atoms with E-state index in [2.05, 4.69) is 0 Å². The summed E-state index contributed by atoms with van der Waals surface area (Å²) in [6.07, 6.45) is 1.88. The molecule has 0 spiro atoms. The lowest BCUT2D eigenvalue weighted by molar-refractivity contribution is 0.0672. The van der Waals surface area contributed by atoms with E-state index in [1.54, 1.807) is 24.3 Å². The molecule has 0 N–H and O–H groups in total. The minimum Gasteiger partial charge on any atom is -0.270 e. The maximum atomic E-state index is 11.9. The van der Waals surface area contributed by atoms with Crippen molar-refractivity contribution in [3.63, 3.8) is 0 Å². The Morgan fingerprint density at radius 1 is 1.25 bits per heavy atom. The monoisotopic (exact) mass is 213 g/mol. The normalized spacial score (nSPS) is 15.6. The second-order valence-corrected chi connectivity index (χ2v) is 4.05. The Kier molecular flexibility index (Phi) is 2.65. The van der Waals surface area contributed by atoms with Gasteiger partial charge in [-0.2, -0.15) is 0 Å². The molecule has 3 nitrogen and oxygen atoms in total. The third-order valence-electron chi connectivity index (χ3n) is 2.56. The smallest absolute Gasteiger partial charge is 0.261 e. The fourth-order valence-corrected chi connectivity index (χ4v) is 1.68. The van der Waals surface area contributed by atoms with Crippen molar-refractivity contribution in [2.75, 3.05) is 6.54 Å². The van der Waals surface area contributed by atoms with Crippen LogP contribution in [-0.4, -0.2) is 31.1 Å². The van der Waals surface area contributed by atoms with Gasteiger partial charge in [-0.1, -0.05) is 25.1 Å².